The van der Waals surface area contributed by atoms with Gasteiger partial charge >= 0.3 is 6.09 Å². The van der Waals surface area contributed by atoms with E-state index >= 15 is 0 Å². The van der Waals surface area contributed by atoms with Crippen LogP contribution < -0.4 is 4.90 Å². The third-order valence-corrected chi connectivity index (χ3v) is 8.57. The Kier molecular flexibility index (Phi) is 15.2. The largest absolute Gasteiger partial charge is 0.445 e. The van der Waals surface area contributed by atoms with Gasteiger partial charge in [0.1, 0.15) is 6.61 Å². The van der Waals surface area contributed by atoms with Crippen molar-refractivity contribution in [2.24, 2.45) is 5.92 Å². The van der Waals surface area contributed by atoms with Crippen LogP contribution in [-0.4, -0.2) is 104 Å². The highest BCUT2D eigenvalue weighted by molar-refractivity contribution is 7.85. The minimum Gasteiger partial charge on any atom is -0.445 e. The first kappa shape index (κ1) is 38.0. The van der Waals surface area contributed by atoms with Crippen LogP contribution >= 0.6 is 11.6 Å². The summed E-state index contributed by atoms with van der Waals surface area (Å²) in [6.45, 7) is 10.6. The van der Waals surface area contributed by atoms with E-state index in [1.54, 1.807) is 17.9 Å². The van der Waals surface area contributed by atoms with Gasteiger partial charge in [-0.05, 0) is 68.5 Å². The standard InChI is InChI=1S/C33H43ClN4O4.CH4O3S/c1-3-18-38(33(41)42-25-27-8-5-4-6-9-27)31-16-21-35(22-17-31)19-7-20-37(30-12-10-29(34)11-13-30)32(40)28-14-23-36(24-15-28)26(2)39;1-5(2,3)4/h3-6,8-13,28,31H,1,7,14-25H2,2H3;1H3,(H,2,3,4). The maximum absolute atomic E-state index is 13.6. The zero-order valence-electron chi connectivity index (χ0n) is 27.3. The van der Waals surface area contributed by atoms with Gasteiger partial charge in [0.15, 0.2) is 0 Å². The van der Waals surface area contributed by atoms with E-state index in [1.807, 2.05) is 64.4 Å². The van der Waals surface area contributed by atoms with Crippen molar-refractivity contribution in [3.8, 4) is 0 Å². The summed E-state index contributed by atoms with van der Waals surface area (Å²) in [4.78, 5) is 46.2. The second kappa shape index (κ2) is 18.8. The van der Waals surface area contributed by atoms with Crippen LogP contribution in [0, 0.1) is 5.92 Å². The van der Waals surface area contributed by atoms with E-state index in [0.29, 0.717) is 50.3 Å². The number of carbonyl (C=O) groups excluding carboxylic acids is 3. The molecule has 2 aromatic rings. The van der Waals surface area contributed by atoms with Gasteiger partial charge in [0, 0.05) is 68.9 Å². The topological polar surface area (TPSA) is 128 Å². The third kappa shape index (κ3) is 13.3. The Labute approximate surface area is 283 Å². The number of nitrogens with zero attached hydrogens (tertiary/aromatic N) is 4. The first-order chi connectivity index (χ1) is 22.4. The lowest BCUT2D eigenvalue weighted by molar-refractivity contribution is -0.133. The first-order valence-electron chi connectivity index (χ1n) is 15.9. The van der Waals surface area contributed by atoms with E-state index in [0.717, 1.165) is 50.1 Å². The number of benzene rings is 2. The monoisotopic (exact) mass is 690 g/mol. The van der Waals surface area contributed by atoms with Gasteiger partial charge in [-0.3, -0.25) is 14.1 Å². The fourth-order valence-corrected chi connectivity index (χ4v) is 6.00. The minimum atomic E-state index is -3.67. The molecule has 0 saturated carbocycles. The van der Waals surface area contributed by atoms with Crippen molar-refractivity contribution in [3.63, 3.8) is 0 Å². The van der Waals surface area contributed by atoms with Crippen molar-refractivity contribution in [2.75, 3.05) is 57.0 Å². The van der Waals surface area contributed by atoms with Crippen LogP contribution in [0.2, 0.25) is 5.02 Å². The Morgan fingerprint density at radius 2 is 1.60 bits per heavy atom. The molecule has 3 amide bonds. The number of ether oxygens (including phenoxy) is 1. The maximum Gasteiger partial charge on any atom is 0.410 e. The molecule has 2 aromatic carbocycles. The summed E-state index contributed by atoms with van der Waals surface area (Å²) < 4.78 is 31.5. The van der Waals surface area contributed by atoms with Crippen LogP contribution in [0.3, 0.4) is 0 Å². The molecule has 4 rings (SSSR count). The van der Waals surface area contributed by atoms with Crippen molar-refractivity contribution in [3.05, 3.63) is 77.8 Å². The summed E-state index contributed by atoms with van der Waals surface area (Å²) in [6.07, 6.45) is 6.10. The summed E-state index contributed by atoms with van der Waals surface area (Å²) in [5, 5.41) is 0.637. The summed E-state index contributed by atoms with van der Waals surface area (Å²) in [7, 11) is -3.67. The number of hydrogen-bond donors (Lipinski definition) is 1. The van der Waals surface area contributed by atoms with Crippen LogP contribution in [-0.2, 0) is 31.1 Å². The molecule has 2 saturated heterocycles. The van der Waals surface area contributed by atoms with Gasteiger partial charge < -0.3 is 24.3 Å². The molecule has 11 nitrogen and oxygen atoms in total. The molecule has 13 heteroatoms. The Morgan fingerprint density at radius 1 is 1.00 bits per heavy atom. The highest BCUT2D eigenvalue weighted by Crippen LogP contribution is 2.26. The number of halogens is 1. The first-order valence-corrected chi connectivity index (χ1v) is 18.1. The predicted octanol–water partition coefficient (Wildman–Crippen LogP) is 5.11. The number of amides is 3. The molecule has 0 unspecified atom stereocenters. The van der Waals surface area contributed by atoms with E-state index in [2.05, 4.69) is 11.5 Å². The van der Waals surface area contributed by atoms with Crippen LogP contribution in [0.5, 0.6) is 0 Å². The molecular formula is C34H47ClN4O7S. The lowest BCUT2D eigenvalue weighted by Gasteiger charge is -2.38. The van der Waals surface area contributed by atoms with Crippen molar-refractivity contribution in [1.82, 2.24) is 14.7 Å². The fourth-order valence-electron chi connectivity index (χ4n) is 5.87. The average Bonchev–Trinajstić information content (AvgIpc) is 3.05. The van der Waals surface area contributed by atoms with E-state index in [4.69, 9.17) is 20.9 Å². The predicted molar refractivity (Wildman–Crippen MR) is 184 cm³/mol. The van der Waals surface area contributed by atoms with E-state index in [1.165, 1.54) is 0 Å². The van der Waals surface area contributed by atoms with Crippen molar-refractivity contribution in [2.45, 2.75) is 51.7 Å². The lowest BCUT2D eigenvalue weighted by Crippen LogP contribution is -2.48. The molecule has 0 atom stereocenters. The van der Waals surface area contributed by atoms with E-state index in [9.17, 15) is 22.8 Å². The smallest absolute Gasteiger partial charge is 0.410 e. The number of carbonyl (C=O) groups is 3. The summed E-state index contributed by atoms with van der Waals surface area (Å²) in [5.41, 5.74) is 1.82. The highest BCUT2D eigenvalue weighted by atomic mass is 35.5. The van der Waals surface area contributed by atoms with E-state index < -0.39 is 10.1 Å². The summed E-state index contributed by atoms with van der Waals surface area (Å²) in [5.74, 6) is 0.0914. The SMILES string of the molecule is C=CCN(C(=O)OCc1ccccc1)C1CCN(CCCN(C(=O)C2CCN(C(C)=O)CC2)c2ccc(Cl)cc2)CC1.CS(=O)(=O)O. The molecule has 2 fully saturated rings. The van der Waals surface area contributed by atoms with Gasteiger partial charge in [-0.25, -0.2) is 4.79 Å². The van der Waals surface area contributed by atoms with Crippen LogP contribution in [0.1, 0.15) is 44.6 Å². The zero-order chi connectivity index (χ0) is 34.4. The molecule has 0 aromatic heterocycles. The molecule has 0 radical (unpaired) electrons. The lowest BCUT2D eigenvalue weighted by atomic mass is 9.94. The molecule has 2 aliphatic rings. The van der Waals surface area contributed by atoms with Gasteiger partial charge in [-0.1, -0.05) is 48.0 Å². The number of piperidine rings is 2. The third-order valence-electron chi connectivity index (χ3n) is 8.31. The molecule has 2 aliphatic heterocycles. The van der Waals surface area contributed by atoms with Gasteiger partial charge in [0.05, 0.1) is 6.26 Å². The molecule has 47 heavy (non-hydrogen) atoms. The van der Waals surface area contributed by atoms with Crippen LogP contribution in [0.15, 0.2) is 67.3 Å². The van der Waals surface area contributed by atoms with Gasteiger partial charge in [-0.2, -0.15) is 8.42 Å². The Hall–Kier alpha value is -3.45. The zero-order valence-corrected chi connectivity index (χ0v) is 28.9. The Balaban J connectivity index is 0.00000111. The number of hydrogen-bond acceptors (Lipinski definition) is 7. The normalized spacial score (nSPS) is 16.0. The molecular weight excluding hydrogens is 644 g/mol. The quantitative estimate of drug-likeness (QED) is 0.255. The fraction of sp³-hybridized carbons (Fsp3) is 0.500. The molecule has 258 valence electrons. The second-order valence-electron chi connectivity index (χ2n) is 11.9. The van der Waals surface area contributed by atoms with Crippen LogP contribution in [0.25, 0.3) is 0 Å². The average molecular weight is 691 g/mol. The Bertz CT molecular complexity index is 1400. The van der Waals surface area contributed by atoms with Crippen molar-refractivity contribution in [1.29, 1.82) is 0 Å². The molecule has 0 aliphatic carbocycles. The maximum atomic E-state index is 13.6. The number of rotatable bonds is 11. The van der Waals surface area contributed by atoms with Crippen molar-refractivity contribution < 1.29 is 32.1 Å². The van der Waals surface area contributed by atoms with Gasteiger partial charge in [0.25, 0.3) is 10.1 Å². The number of anilines is 1. The highest BCUT2D eigenvalue weighted by Gasteiger charge is 2.31. The van der Waals surface area contributed by atoms with E-state index in [-0.39, 0.29) is 36.5 Å². The minimum absolute atomic E-state index is 0.0657. The molecule has 0 bridgehead atoms. The van der Waals surface area contributed by atoms with Gasteiger partial charge in [0.2, 0.25) is 11.8 Å². The van der Waals surface area contributed by atoms with Crippen LogP contribution in [0.4, 0.5) is 10.5 Å². The summed E-state index contributed by atoms with van der Waals surface area (Å²) in [6, 6.07) is 17.3. The second-order valence-corrected chi connectivity index (χ2v) is 13.8. The van der Waals surface area contributed by atoms with Crippen molar-refractivity contribution >= 4 is 45.3 Å². The Morgan fingerprint density at radius 3 is 2.15 bits per heavy atom. The molecule has 0 spiro atoms. The molecule has 2 heterocycles. The number of likely N-dealkylation sites (tertiary alicyclic amines) is 2. The summed E-state index contributed by atoms with van der Waals surface area (Å²) >= 11 is 6.13. The molecule has 1 N–H and O–H groups in total. The van der Waals surface area contributed by atoms with Gasteiger partial charge in [-0.15, -0.1) is 6.58 Å².